The molecule has 0 radical (unpaired) electrons. The molecule has 0 aliphatic rings. The Morgan fingerprint density at radius 1 is 1.39 bits per heavy atom. The Hall–Kier alpha value is -1.78. The highest BCUT2D eigenvalue weighted by molar-refractivity contribution is 5.84. The first-order chi connectivity index (χ1) is 8.19. The van der Waals surface area contributed by atoms with Crippen LogP contribution in [0.1, 0.15) is 27.7 Å². The Labute approximate surface area is 107 Å². The van der Waals surface area contributed by atoms with E-state index in [9.17, 15) is 9.18 Å². The molecule has 4 N–H and O–H groups in total. The van der Waals surface area contributed by atoms with Crippen LogP contribution >= 0.6 is 0 Å². The molecule has 0 bridgehead atoms. The van der Waals surface area contributed by atoms with Crippen molar-refractivity contribution in [2.75, 3.05) is 11.1 Å². The first kappa shape index (κ1) is 14.3. The van der Waals surface area contributed by atoms with Gasteiger partial charge in [0, 0.05) is 11.2 Å². The summed E-state index contributed by atoms with van der Waals surface area (Å²) in [5.74, 6) is -0.649. The van der Waals surface area contributed by atoms with Crippen molar-refractivity contribution in [3.63, 3.8) is 0 Å². The van der Waals surface area contributed by atoms with Crippen LogP contribution in [0.25, 0.3) is 0 Å². The van der Waals surface area contributed by atoms with Gasteiger partial charge in [0.15, 0.2) is 0 Å². The lowest BCUT2D eigenvalue weighted by Gasteiger charge is -2.24. The van der Waals surface area contributed by atoms with Gasteiger partial charge >= 0.3 is 0 Å². The summed E-state index contributed by atoms with van der Waals surface area (Å²) >= 11 is 0. The molecule has 5 heteroatoms. The normalized spacial score (nSPS) is 12.9. The summed E-state index contributed by atoms with van der Waals surface area (Å²) in [4.78, 5) is 11.8. The lowest BCUT2D eigenvalue weighted by atomic mass is 10.1. The smallest absolute Gasteiger partial charge is 0.242 e. The van der Waals surface area contributed by atoms with E-state index in [0.717, 1.165) is 0 Å². The minimum atomic E-state index is -0.526. The molecule has 1 aromatic rings. The van der Waals surface area contributed by atoms with E-state index in [1.54, 1.807) is 13.0 Å². The highest BCUT2D eigenvalue weighted by Gasteiger charge is 2.19. The topological polar surface area (TPSA) is 67.1 Å². The maximum Gasteiger partial charge on any atom is 0.242 e. The van der Waals surface area contributed by atoms with Crippen LogP contribution in [-0.4, -0.2) is 17.5 Å². The van der Waals surface area contributed by atoms with Gasteiger partial charge in [-0.25, -0.2) is 4.39 Å². The van der Waals surface area contributed by atoms with Crippen molar-refractivity contribution < 1.29 is 9.18 Å². The molecule has 0 spiro atoms. The van der Waals surface area contributed by atoms with Crippen molar-refractivity contribution in [2.45, 2.75) is 39.3 Å². The number of rotatable bonds is 3. The van der Waals surface area contributed by atoms with E-state index in [0.29, 0.717) is 5.69 Å². The Balaban J connectivity index is 2.69. The summed E-state index contributed by atoms with van der Waals surface area (Å²) in [7, 11) is 0. The van der Waals surface area contributed by atoms with Crippen molar-refractivity contribution in [3.8, 4) is 0 Å². The minimum absolute atomic E-state index is 0.182. The number of anilines is 2. The number of carbonyl (C=O) groups is 1. The number of halogens is 1. The molecular formula is C13H20FN3O. The van der Waals surface area contributed by atoms with E-state index < -0.39 is 11.9 Å². The monoisotopic (exact) mass is 253 g/mol. The number of amides is 1. The molecule has 1 aromatic carbocycles. The lowest BCUT2D eigenvalue weighted by molar-refractivity contribution is -0.122. The predicted molar refractivity (Wildman–Crippen MR) is 71.8 cm³/mol. The molecule has 0 heterocycles. The average molecular weight is 253 g/mol. The lowest BCUT2D eigenvalue weighted by Crippen LogP contribution is -2.47. The first-order valence-electron chi connectivity index (χ1n) is 5.82. The number of hydrogen-bond donors (Lipinski definition) is 3. The van der Waals surface area contributed by atoms with Crippen LogP contribution in [0.4, 0.5) is 15.8 Å². The van der Waals surface area contributed by atoms with Gasteiger partial charge in [-0.15, -0.1) is 0 Å². The average Bonchev–Trinajstić information content (AvgIpc) is 2.19. The molecule has 4 nitrogen and oxygen atoms in total. The summed E-state index contributed by atoms with van der Waals surface area (Å²) in [5.41, 5.74) is 5.76. The summed E-state index contributed by atoms with van der Waals surface area (Å²) in [6.07, 6.45) is 0. The van der Waals surface area contributed by atoms with Gasteiger partial charge in [-0.1, -0.05) is 0 Å². The Kier molecular flexibility index (Phi) is 4.16. The zero-order valence-electron chi connectivity index (χ0n) is 11.2. The van der Waals surface area contributed by atoms with Gasteiger partial charge in [-0.3, -0.25) is 4.79 Å². The van der Waals surface area contributed by atoms with Gasteiger partial charge < -0.3 is 16.4 Å². The summed E-state index contributed by atoms with van der Waals surface area (Å²) < 4.78 is 13.5. The second kappa shape index (κ2) is 5.25. The number of nitrogen functional groups attached to an aromatic ring is 1. The van der Waals surface area contributed by atoms with E-state index >= 15 is 0 Å². The predicted octanol–water partition coefficient (Wildman–Crippen LogP) is 2.12. The minimum Gasteiger partial charge on any atom is -0.399 e. The molecule has 0 saturated heterocycles. The zero-order valence-corrected chi connectivity index (χ0v) is 11.2. The van der Waals surface area contributed by atoms with Gasteiger partial charge in [0.05, 0.1) is 5.69 Å². The van der Waals surface area contributed by atoms with Crippen LogP contribution in [0.2, 0.25) is 0 Å². The van der Waals surface area contributed by atoms with E-state index in [-0.39, 0.29) is 17.1 Å². The molecule has 1 unspecified atom stereocenters. The number of carbonyl (C=O) groups excluding carboxylic acids is 1. The Morgan fingerprint density at radius 2 is 2.00 bits per heavy atom. The van der Waals surface area contributed by atoms with Crippen LogP contribution in [0.3, 0.4) is 0 Å². The molecule has 1 amide bonds. The van der Waals surface area contributed by atoms with Gasteiger partial charge in [0.1, 0.15) is 11.9 Å². The van der Waals surface area contributed by atoms with Crippen molar-refractivity contribution in [3.05, 3.63) is 24.0 Å². The third-order valence-corrected chi connectivity index (χ3v) is 2.26. The quantitative estimate of drug-likeness (QED) is 0.723. The molecular weight excluding hydrogens is 233 g/mol. The fourth-order valence-corrected chi connectivity index (χ4v) is 1.43. The summed E-state index contributed by atoms with van der Waals surface area (Å²) in [5, 5.41) is 5.64. The van der Waals surface area contributed by atoms with Crippen LogP contribution in [0, 0.1) is 5.82 Å². The number of benzene rings is 1. The van der Waals surface area contributed by atoms with Gasteiger partial charge in [-0.05, 0) is 45.9 Å². The highest BCUT2D eigenvalue weighted by Crippen LogP contribution is 2.17. The van der Waals surface area contributed by atoms with E-state index in [4.69, 9.17) is 5.73 Å². The van der Waals surface area contributed by atoms with Crippen molar-refractivity contribution in [1.29, 1.82) is 0 Å². The maximum absolute atomic E-state index is 13.5. The van der Waals surface area contributed by atoms with Gasteiger partial charge in [-0.2, -0.15) is 0 Å². The molecule has 1 rings (SSSR count). The molecule has 0 saturated carbocycles. The van der Waals surface area contributed by atoms with E-state index in [1.807, 2.05) is 20.8 Å². The maximum atomic E-state index is 13.5. The molecule has 0 aromatic heterocycles. The molecule has 1 atom stereocenters. The van der Waals surface area contributed by atoms with Crippen molar-refractivity contribution >= 4 is 17.3 Å². The number of hydrogen-bond acceptors (Lipinski definition) is 3. The van der Waals surface area contributed by atoms with Crippen LogP contribution in [0.5, 0.6) is 0 Å². The fraction of sp³-hybridized carbons (Fsp3) is 0.462. The SMILES string of the molecule is CC(Nc1ccc(N)cc1F)C(=O)NC(C)(C)C. The van der Waals surface area contributed by atoms with E-state index in [1.165, 1.54) is 12.1 Å². The van der Waals surface area contributed by atoms with Crippen LogP contribution in [-0.2, 0) is 4.79 Å². The molecule has 100 valence electrons. The molecule has 18 heavy (non-hydrogen) atoms. The van der Waals surface area contributed by atoms with Gasteiger partial charge in [0.2, 0.25) is 5.91 Å². The summed E-state index contributed by atoms with van der Waals surface area (Å²) in [6.45, 7) is 7.35. The van der Waals surface area contributed by atoms with Crippen molar-refractivity contribution in [1.82, 2.24) is 5.32 Å². The molecule has 0 fully saturated rings. The third-order valence-electron chi connectivity index (χ3n) is 2.26. The third kappa shape index (κ3) is 4.24. The van der Waals surface area contributed by atoms with Gasteiger partial charge in [0.25, 0.3) is 0 Å². The second-order valence-electron chi connectivity index (χ2n) is 5.34. The highest BCUT2D eigenvalue weighted by atomic mass is 19.1. The Bertz CT molecular complexity index is 440. The largest absolute Gasteiger partial charge is 0.399 e. The Morgan fingerprint density at radius 3 is 2.50 bits per heavy atom. The molecule has 0 aliphatic heterocycles. The van der Waals surface area contributed by atoms with Crippen LogP contribution < -0.4 is 16.4 Å². The first-order valence-corrected chi connectivity index (χ1v) is 5.82. The standard InChI is InChI=1S/C13H20FN3O/c1-8(12(18)17-13(2,3)4)16-11-6-5-9(15)7-10(11)14/h5-8,16H,15H2,1-4H3,(H,17,18). The number of nitrogens with one attached hydrogen (secondary N) is 2. The zero-order chi connectivity index (χ0) is 13.9. The van der Waals surface area contributed by atoms with E-state index in [2.05, 4.69) is 10.6 Å². The second-order valence-corrected chi connectivity index (χ2v) is 5.34. The number of nitrogens with two attached hydrogens (primary N) is 1. The fourth-order valence-electron chi connectivity index (χ4n) is 1.43. The molecule has 0 aliphatic carbocycles. The van der Waals surface area contributed by atoms with Crippen LogP contribution in [0.15, 0.2) is 18.2 Å². The van der Waals surface area contributed by atoms with Crippen molar-refractivity contribution in [2.24, 2.45) is 0 Å². The summed E-state index contributed by atoms with van der Waals surface area (Å²) in [6, 6.07) is 3.80.